The summed E-state index contributed by atoms with van der Waals surface area (Å²) in [6.45, 7) is 5.15. The second-order valence-corrected chi connectivity index (χ2v) is 10.9. The number of rotatable bonds is 4. The Morgan fingerprint density at radius 2 is 1.64 bits per heavy atom. The smallest absolute Gasteiger partial charge is 0.454 e. The van der Waals surface area contributed by atoms with E-state index in [0.29, 0.717) is 25.7 Å². The van der Waals surface area contributed by atoms with Gasteiger partial charge in [0.15, 0.2) is 0 Å². The molecule has 2 atom stereocenters. The van der Waals surface area contributed by atoms with Gasteiger partial charge in [-0.2, -0.15) is 17.2 Å². The molecule has 0 aliphatic heterocycles. The Morgan fingerprint density at radius 3 is 2.11 bits per heavy atom. The second kappa shape index (κ2) is 6.25. The van der Waals surface area contributed by atoms with E-state index in [4.69, 9.17) is 14.0 Å². The minimum Gasteiger partial charge on any atom is -0.454 e. The van der Waals surface area contributed by atoms with Crippen LogP contribution in [-0.4, -0.2) is 47.0 Å². The van der Waals surface area contributed by atoms with Crippen LogP contribution in [0.3, 0.4) is 0 Å². The van der Waals surface area contributed by atoms with Gasteiger partial charge < -0.3 is 14.8 Å². The number of ether oxygens (including phenoxy) is 2. The largest absolute Gasteiger partial charge is 0.465 e. The predicted molar refractivity (Wildman–Crippen MR) is 92.1 cm³/mol. The molecule has 0 spiro atoms. The number of alkyl carbamates (subject to hydrolysis) is 1. The lowest BCUT2D eigenvalue weighted by Crippen LogP contribution is -2.67. The van der Waals surface area contributed by atoms with Gasteiger partial charge in [0.1, 0.15) is 11.2 Å². The molecule has 11 heteroatoms. The fourth-order valence-electron chi connectivity index (χ4n) is 5.33. The van der Waals surface area contributed by atoms with Crippen LogP contribution in [0.2, 0.25) is 0 Å². The maximum absolute atomic E-state index is 13.7. The summed E-state index contributed by atoms with van der Waals surface area (Å²) in [4.78, 5) is 24.2. The number of halogens is 2. The molecule has 0 saturated heterocycles. The van der Waals surface area contributed by atoms with Gasteiger partial charge in [-0.1, -0.05) is 0 Å². The standard InChI is InChI=1S/C17H25F2NO7S/c1-14(2,3)27-13(22)20-15-5-10-4-11(6-15)8-16(7-10,9-15)26-12(21)17(18,19)28(23,24)25/h10-11H,4-9H2,1-3H3,(H,20,22)(H,23,24,25). The van der Waals surface area contributed by atoms with Gasteiger partial charge in [-0.3, -0.25) is 4.55 Å². The Morgan fingerprint density at radius 1 is 1.11 bits per heavy atom. The first-order chi connectivity index (χ1) is 12.5. The van der Waals surface area contributed by atoms with Crippen molar-refractivity contribution in [2.24, 2.45) is 11.8 Å². The fraction of sp³-hybridized carbons (Fsp3) is 0.882. The van der Waals surface area contributed by atoms with Gasteiger partial charge in [-0.25, -0.2) is 9.59 Å². The van der Waals surface area contributed by atoms with E-state index in [1.165, 1.54) is 0 Å². The van der Waals surface area contributed by atoms with Crippen LogP contribution in [-0.2, 0) is 24.4 Å². The third-order valence-electron chi connectivity index (χ3n) is 5.64. The van der Waals surface area contributed by atoms with Gasteiger partial charge in [0.05, 0.1) is 0 Å². The van der Waals surface area contributed by atoms with Gasteiger partial charge in [-0.05, 0) is 64.7 Å². The summed E-state index contributed by atoms with van der Waals surface area (Å²) in [5, 5.41) is -2.20. The highest BCUT2D eigenvalue weighted by Gasteiger charge is 2.63. The molecule has 0 aromatic carbocycles. The van der Waals surface area contributed by atoms with Crippen molar-refractivity contribution >= 4 is 22.2 Å². The highest BCUT2D eigenvalue weighted by atomic mass is 32.2. The maximum atomic E-state index is 13.7. The average molecular weight is 425 g/mol. The van der Waals surface area contributed by atoms with E-state index in [1.807, 2.05) is 0 Å². The molecule has 4 bridgehead atoms. The molecule has 4 rings (SSSR count). The Kier molecular flexibility index (Phi) is 4.74. The van der Waals surface area contributed by atoms with Crippen molar-refractivity contribution in [1.29, 1.82) is 0 Å². The molecule has 4 saturated carbocycles. The van der Waals surface area contributed by atoms with Crippen molar-refractivity contribution in [3.8, 4) is 0 Å². The molecule has 2 unspecified atom stereocenters. The first-order valence-corrected chi connectivity index (χ1v) is 10.6. The molecule has 2 N–H and O–H groups in total. The fourth-order valence-corrected chi connectivity index (χ4v) is 5.58. The van der Waals surface area contributed by atoms with Crippen LogP contribution in [0.4, 0.5) is 13.6 Å². The Bertz CT molecular complexity index is 776. The zero-order chi connectivity index (χ0) is 21.2. The number of esters is 1. The zero-order valence-electron chi connectivity index (χ0n) is 16.0. The zero-order valence-corrected chi connectivity index (χ0v) is 16.8. The van der Waals surface area contributed by atoms with Crippen LogP contribution in [0.25, 0.3) is 0 Å². The molecule has 0 heterocycles. The monoisotopic (exact) mass is 425 g/mol. The lowest BCUT2D eigenvalue weighted by atomic mass is 9.51. The lowest BCUT2D eigenvalue weighted by molar-refractivity contribution is -0.205. The Labute approximate surface area is 162 Å². The predicted octanol–water partition coefficient (Wildman–Crippen LogP) is 2.63. The maximum Gasteiger partial charge on any atom is 0.465 e. The van der Waals surface area contributed by atoms with Crippen molar-refractivity contribution in [2.75, 3.05) is 0 Å². The quantitative estimate of drug-likeness (QED) is 0.525. The van der Waals surface area contributed by atoms with Crippen LogP contribution >= 0.6 is 0 Å². The highest BCUT2D eigenvalue weighted by molar-refractivity contribution is 7.87. The third kappa shape index (κ3) is 3.96. The van der Waals surface area contributed by atoms with Crippen molar-refractivity contribution in [3.05, 3.63) is 0 Å². The second-order valence-electron chi connectivity index (χ2n) is 9.43. The third-order valence-corrected chi connectivity index (χ3v) is 6.46. The normalized spacial score (nSPS) is 34.8. The molecule has 8 nitrogen and oxygen atoms in total. The molecule has 0 aromatic rings. The molecule has 0 radical (unpaired) electrons. The first kappa shape index (κ1) is 21.2. The van der Waals surface area contributed by atoms with Crippen molar-refractivity contribution in [3.63, 3.8) is 0 Å². The van der Waals surface area contributed by atoms with Gasteiger partial charge in [0.2, 0.25) is 0 Å². The molecular weight excluding hydrogens is 400 g/mol. The summed E-state index contributed by atoms with van der Waals surface area (Å²) in [6, 6.07) is 0. The van der Waals surface area contributed by atoms with Gasteiger partial charge >= 0.3 is 27.4 Å². The van der Waals surface area contributed by atoms with Crippen LogP contribution in [0.5, 0.6) is 0 Å². The van der Waals surface area contributed by atoms with E-state index >= 15 is 0 Å². The summed E-state index contributed by atoms with van der Waals surface area (Å²) in [5.74, 6) is -2.20. The molecule has 0 aromatic heterocycles. The van der Waals surface area contributed by atoms with Crippen molar-refractivity contribution < 1.29 is 40.8 Å². The minimum absolute atomic E-state index is 0.0448. The van der Waals surface area contributed by atoms with Crippen LogP contribution in [0.1, 0.15) is 59.3 Å². The van der Waals surface area contributed by atoms with E-state index in [1.54, 1.807) is 20.8 Å². The average Bonchev–Trinajstić information content (AvgIpc) is 2.40. The molecule has 28 heavy (non-hydrogen) atoms. The summed E-state index contributed by atoms with van der Waals surface area (Å²) in [7, 11) is -5.94. The summed E-state index contributed by atoms with van der Waals surface area (Å²) in [5.41, 5.74) is -2.78. The van der Waals surface area contributed by atoms with Crippen LogP contribution in [0, 0.1) is 11.8 Å². The Balaban J connectivity index is 1.80. The molecule has 1 amide bonds. The van der Waals surface area contributed by atoms with Gasteiger partial charge in [0, 0.05) is 12.0 Å². The number of carbonyl (C=O) groups is 2. The molecule has 4 aliphatic carbocycles. The van der Waals surface area contributed by atoms with Crippen LogP contribution in [0.15, 0.2) is 0 Å². The SMILES string of the molecule is CC(C)(C)OC(=O)NC12CC3CC(C1)CC(OC(=O)C(F)(F)S(=O)(=O)O)(C3)C2. The molecular formula is C17H25F2NO7S. The summed E-state index contributed by atoms with van der Waals surface area (Å²) < 4.78 is 68.1. The van der Waals surface area contributed by atoms with Crippen LogP contribution < -0.4 is 5.32 Å². The first-order valence-electron chi connectivity index (χ1n) is 9.14. The van der Waals surface area contributed by atoms with Gasteiger partial charge in [0.25, 0.3) is 0 Å². The summed E-state index contributed by atoms with van der Waals surface area (Å²) >= 11 is 0. The number of nitrogens with one attached hydrogen (secondary N) is 1. The lowest BCUT2D eigenvalue weighted by Gasteiger charge is -2.61. The van der Waals surface area contributed by atoms with Gasteiger partial charge in [-0.15, -0.1) is 0 Å². The van der Waals surface area contributed by atoms with E-state index in [9.17, 15) is 26.8 Å². The number of alkyl halides is 2. The Hall–Kier alpha value is -1.49. The number of amides is 1. The highest BCUT2D eigenvalue weighted by Crippen LogP contribution is 2.59. The van der Waals surface area contributed by atoms with E-state index in [2.05, 4.69) is 5.32 Å². The topological polar surface area (TPSA) is 119 Å². The van der Waals surface area contributed by atoms with Crippen molar-refractivity contribution in [2.45, 2.75) is 81.3 Å². The molecule has 160 valence electrons. The van der Waals surface area contributed by atoms with Crippen molar-refractivity contribution in [1.82, 2.24) is 5.32 Å². The number of carbonyl (C=O) groups excluding carboxylic acids is 2. The van der Waals surface area contributed by atoms with E-state index in [0.717, 1.165) is 6.42 Å². The number of hydrogen-bond acceptors (Lipinski definition) is 6. The minimum atomic E-state index is -5.94. The summed E-state index contributed by atoms with van der Waals surface area (Å²) in [6.07, 6.45) is 2.13. The molecule has 4 fully saturated rings. The van der Waals surface area contributed by atoms with E-state index in [-0.39, 0.29) is 18.3 Å². The number of hydrogen-bond donors (Lipinski definition) is 2. The molecule has 4 aliphatic rings. The van der Waals surface area contributed by atoms with E-state index < -0.39 is 44.2 Å².